The molecule has 0 saturated carbocycles. The van der Waals surface area contributed by atoms with Crippen molar-refractivity contribution in [1.29, 1.82) is 0 Å². The summed E-state index contributed by atoms with van der Waals surface area (Å²) in [7, 11) is 0. The van der Waals surface area contributed by atoms with Crippen molar-refractivity contribution in [1.82, 2.24) is 9.97 Å². The van der Waals surface area contributed by atoms with Gasteiger partial charge < -0.3 is 0 Å². The molecule has 4 nitrogen and oxygen atoms in total. The van der Waals surface area contributed by atoms with Gasteiger partial charge in [0.25, 0.3) is 0 Å². The largest absolute Gasteiger partial charge is 0.245 e. The molecule has 0 bridgehead atoms. The zero-order valence-corrected chi connectivity index (χ0v) is 14.6. The van der Waals surface area contributed by atoms with Crippen LogP contribution in [0.1, 0.15) is 56.1 Å². The van der Waals surface area contributed by atoms with Gasteiger partial charge in [-0.25, -0.2) is 15.4 Å². The number of aromatic nitrogens is 2. The Kier molecular flexibility index (Phi) is 6.27. The third kappa shape index (κ3) is 4.88. The van der Waals surface area contributed by atoms with Gasteiger partial charge in [-0.3, -0.25) is 0 Å². The molecule has 0 aliphatic rings. The quantitative estimate of drug-likeness (QED) is 0.604. The lowest BCUT2D eigenvalue weighted by Crippen LogP contribution is -2.06. The second-order valence-electron chi connectivity index (χ2n) is 5.80. The summed E-state index contributed by atoms with van der Waals surface area (Å²) in [5.74, 6) is 0.590. The Balaban J connectivity index is 2.21. The zero-order valence-electron chi connectivity index (χ0n) is 14.6. The Labute approximate surface area is 139 Å². The first-order valence-electron chi connectivity index (χ1n) is 8.37. The third-order valence-corrected chi connectivity index (χ3v) is 3.70. The van der Waals surface area contributed by atoms with Crippen molar-refractivity contribution < 1.29 is 0 Å². The summed E-state index contributed by atoms with van der Waals surface area (Å²) in [6, 6.07) is 10.3. The number of hydrogen-bond acceptors (Lipinski definition) is 4. The molecule has 0 aliphatic carbocycles. The van der Waals surface area contributed by atoms with Gasteiger partial charge in [-0.2, -0.15) is 5.10 Å². The van der Waals surface area contributed by atoms with Gasteiger partial charge in [0.1, 0.15) is 0 Å². The van der Waals surface area contributed by atoms with E-state index in [0.717, 1.165) is 48.3 Å². The van der Waals surface area contributed by atoms with Crippen molar-refractivity contribution in [2.24, 2.45) is 5.10 Å². The van der Waals surface area contributed by atoms with E-state index in [1.54, 1.807) is 0 Å². The monoisotopic (exact) mass is 310 g/mol. The molecule has 0 fully saturated rings. The maximum absolute atomic E-state index is 4.56. The number of benzene rings is 1. The zero-order chi connectivity index (χ0) is 16.7. The van der Waals surface area contributed by atoms with E-state index in [1.807, 2.05) is 19.1 Å². The molecule has 2 aromatic rings. The fourth-order valence-corrected chi connectivity index (χ4v) is 2.55. The van der Waals surface area contributed by atoms with Crippen LogP contribution < -0.4 is 5.43 Å². The van der Waals surface area contributed by atoms with Crippen molar-refractivity contribution >= 4 is 11.7 Å². The highest BCUT2D eigenvalue weighted by molar-refractivity contribution is 6.00. The molecule has 122 valence electrons. The smallest absolute Gasteiger partial charge is 0.243 e. The first kappa shape index (κ1) is 17.1. The average Bonchev–Trinajstić information content (AvgIpc) is 2.53. The fourth-order valence-electron chi connectivity index (χ4n) is 2.55. The Morgan fingerprint density at radius 3 is 2.22 bits per heavy atom. The van der Waals surface area contributed by atoms with Gasteiger partial charge in [-0.15, -0.1) is 0 Å². The lowest BCUT2D eigenvalue weighted by molar-refractivity contribution is 0.830. The highest BCUT2D eigenvalue weighted by Gasteiger charge is 2.05. The van der Waals surface area contributed by atoms with E-state index in [-0.39, 0.29) is 0 Å². The third-order valence-electron chi connectivity index (χ3n) is 3.70. The average molecular weight is 310 g/mol. The summed E-state index contributed by atoms with van der Waals surface area (Å²) in [6.07, 6.45) is 4.09. The predicted octanol–water partition coefficient (Wildman–Crippen LogP) is 4.53. The molecule has 1 aromatic heterocycles. The minimum absolute atomic E-state index is 0.590. The Hall–Kier alpha value is -2.23. The van der Waals surface area contributed by atoms with Crippen LogP contribution in [0.4, 0.5) is 5.95 Å². The molecule has 0 unspecified atom stereocenters. The summed E-state index contributed by atoms with van der Waals surface area (Å²) >= 11 is 0. The van der Waals surface area contributed by atoms with Crippen LogP contribution in [-0.2, 0) is 12.8 Å². The highest BCUT2D eigenvalue weighted by Crippen LogP contribution is 2.11. The SMILES string of the molecule is CCCc1cc(CCC)nc(NN=C(C)c2ccccc2C)n1. The first-order valence-corrected chi connectivity index (χ1v) is 8.37. The van der Waals surface area contributed by atoms with Crippen molar-refractivity contribution in [3.63, 3.8) is 0 Å². The van der Waals surface area contributed by atoms with Crippen LogP contribution in [0.25, 0.3) is 0 Å². The lowest BCUT2D eigenvalue weighted by atomic mass is 10.1. The summed E-state index contributed by atoms with van der Waals surface area (Å²) < 4.78 is 0. The van der Waals surface area contributed by atoms with Crippen molar-refractivity contribution in [2.45, 2.75) is 53.4 Å². The van der Waals surface area contributed by atoms with Gasteiger partial charge in [0, 0.05) is 17.0 Å². The number of nitrogens with zero attached hydrogens (tertiary/aromatic N) is 3. The topological polar surface area (TPSA) is 50.2 Å². The summed E-state index contributed by atoms with van der Waals surface area (Å²) in [5.41, 5.74) is 8.48. The Morgan fingerprint density at radius 1 is 1.04 bits per heavy atom. The van der Waals surface area contributed by atoms with Gasteiger partial charge in [-0.1, -0.05) is 51.0 Å². The van der Waals surface area contributed by atoms with Crippen molar-refractivity contribution in [2.75, 3.05) is 5.43 Å². The van der Waals surface area contributed by atoms with Gasteiger partial charge in [0.2, 0.25) is 5.95 Å². The number of nitrogens with one attached hydrogen (secondary N) is 1. The van der Waals surface area contributed by atoms with Gasteiger partial charge in [0.15, 0.2) is 0 Å². The molecule has 4 heteroatoms. The van der Waals surface area contributed by atoms with E-state index in [1.165, 1.54) is 5.56 Å². The summed E-state index contributed by atoms with van der Waals surface area (Å²) in [6.45, 7) is 8.41. The molecule has 1 heterocycles. The molecular weight excluding hydrogens is 284 g/mol. The first-order chi connectivity index (χ1) is 11.1. The van der Waals surface area contributed by atoms with Gasteiger partial charge in [0.05, 0.1) is 5.71 Å². The fraction of sp³-hybridized carbons (Fsp3) is 0.421. The number of hydrazone groups is 1. The summed E-state index contributed by atoms with van der Waals surface area (Å²) in [4.78, 5) is 9.13. The maximum atomic E-state index is 4.56. The second kappa shape index (κ2) is 8.42. The van der Waals surface area contributed by atoms with Crippen LogP contribution >= 0.6 is 0 Å². The Morgan fingerprint density at radius 2 is 1.65 bits per heavy atom. The molecule has 2 rings (SSSR count). The normalized spacial score (nSPS) is 11.6. The molecule has 0 aliphatic heterocycles. The molecule has 23 heavy (non-hydrogen) atoms. The molecule has 0 saturated heterocycles. The predicted molar refractivity (Wildman–Crippen MR) is 97.0 cm³/mol. The molecule has 0 radical (unpaired) electrons. The summed E-state index contributed by atoms with van der Waals surface area (Å²) in [5, 5.41) is 4.47. The molecule has 0 atom stereocenters. The van der Waals surface area contributed by atoms with Crippen molar-refractivity contribution in [3.8, 4) is 0 Å². The highest BCUT2D eigenvalue weighted by atomic mass is 15.4. The minimum atomic E-state index is 0.590. The number of hydrogen-bond donors (Lipinski definition) is 1. The lowest BCUT2D eigenvalue weighted by Gasteiger charge is -2.08. The molecule has 0 amide bonds. The van der Waals surface area contributed by atoms with Crippen LogP contribution in [0.5, 0.6) is 0 Å². The van der Waals surface area contributed by atoms with Gasteiger partial charge >= 0.3 is 0 Å². The minimum Gasteiger partial charge on any atom is -0.245 e. The molecule has 1 N–H and O–H groups in total. The maximum Gasteiger partial charge on any atom is 0.243 e. The number of aryl methyl sites for hydroxylation is 3. The molecule has 0 spiro atoms. The Bertz CT molecular complexity index is 653. The van der Waals surface area contributed by atoms with Gasteiger partial charge in [-0.05, 0) is 38.3 Å². The number of anilines is 1. The van der Waals surface area contributed by atoms with Crippen LogP contribution in [0, 0.1) is 6.92 Å². The van der Waals surface area contributed by atoms with Crippen LogP contribution in [0.2, 0.25) is 0 Å². The number of rotatable bonds is 7. The second-order valence-corrected chi connectivity index (χ2v) is 5.80. The van der Waals surface area contributed by atoms with E-state index in [9.17, 15) is 0 Å². The van der Waals surface area contributed by atoms with Crippen LogP contribution in [0.15, 0.2) is 35.4 Å². The van der Waals surface area contributed by atoms with Crippen LogP contribution in [-0.4, -0.2) is 15.7 Å². The van der Waals surface area contributed by atoms with E-state index >= 15 is 0 Å². The standard InChI is InChI=1S/C19H26N4/c1-5-9-16-13-17(10-6-2)21-19(20-16)23-22-15(4)18-12-8-7-11-14(18)3/h7-8,11-13H,5-6,9-10H2,1-4H3,(H,20,21,23). The molecule has 1 aromatic carbocycles. The van der Waals surface area contributed by atoms with E-state index in [4.69, 9.17) is 0 Å². The van der Waals surface area contributed by atoms with E-state index < -0.39 is 0 Å². The van der Waals surface area contributed by atoms with Crippen molar-refractivity contribution in [3.05, 3.63) is 52.8 Å². The van der Waals surface area contributed by atoms with Crippen LogP contribution in [0.3, 0.4) is 0 Å². The molecular formula is C19H26N4. The van der Waals surface area contributed by atoms with E-state index in [2.05, 4.69) is 59.5 Å². The van der Waals surface area contributed by atoms with E-state index in [0.29, 0.717) is 5.95 Å².